The van der Waals surface area contributed by atoms with E-state index < -0.39 is 5.67 Å². The van der Waals surface area contributed by atoms with Crippen LogP contribution in [0.1, 0.15) is 50.6 Å². The molecule has 2 aromatic heterocycles. The highest BCUT2D eigenvalue weighted by molar-refractivity contribution is 5.79. The molecule has 4 nitrogen and oxygen atoms in total. The van der Waals surface area contributed by atoms with Crippen molar-refractivity contribution in [3.8, 4) is 0 Å². The van der Waals surface area contributed by atoms with Gasteiger partial charge in [0.1, 0.15) is 5.67 Å². The number of hydrogen-bond donors (Lipinski definition) is 0. The summed E-state index contributed by atoms with van der Waals surface area (Å²) in [5.74, 6) is 0. The number of pyridine rings is 1. The Morgan fingerprint density at radius 2 is 2.20 bits per heavy atom. The minimum atomic E-state index is -1.39. The third-order valence-electron chi connectivity index (χ3n) is 3.85. The first kappa shape index (κ1) is 13.5. The zero-order valence-electron chi connectivity index (χ0n) is 12.2. The summed E-state index contributed by atoms with van der Waals surface area (Å²) < 4.78 is 21.7. The number of alkyl halides is 1. The fourth-order valence-electron chi connectivity index (χ4n) is 2.61. The lowest BCUT2D eigenvalue weighted by molar-refractivity contribution is -0.0371. The van der Waals surface area contributed by atoms with Crippen LogP contribution in [0.2, 0.25) is 0 Å². The van der Waals surface area contributed by atoms with Crippen molar-refractivity contribution in [3.63, 3.8) is 0 Å². The van der Waals surface area contributed by atoms with Crippen LogP contribution < -0.4 is 0 Å². The zero-order valence-corrected chi connectivity index (χ0v) is 12.2. The molecule has 1 fully saturated rings. The van der Waals surface area contributed by atoms with Crippen LogP contribution in [0.5, 0.6) is 0 Å². The molecule has 1 aliphatic rings. The van der Waals surface area contributed by atoms with Crippen LogP contribution in [-0.2, 0) is 10.4 Å². The summed E-state index contributed by atoms with van der Waals surface area (Å²) >= 11 is 0. The second kappa shape index (κ2) is 4.81. The Morgan fingerprint density at radius 1 is 1.40 bits per heavy atom. The van der Waals surface area contributed by atoms with E-state index >= 15 is 0 Å². The third kappa shape index (κ3) is 2.30. The minimum Gasteiger partial charge on any atom is -0.356 e. The van der Waals surface area contributed by atoms with E-state index in [0.717, 1.165) is 42.6 Å². The summed E-state index contributed by atoms with van der Waals surface area (Å²) in [5, 5.41) is 5.45. The van der Waals surface area contributed by atoms with Gasteiger partial charge in [0.05, 0.1) is 5.69 Å². The molecule has 3 rings (SSSR count). The predicted molar refractivity (Wildman–Crippen MR) is 75.2 cm³/mol. The molecule has 0 spiro atoms. The Morgan fingerprint density at radius 3 is 2.85 bits per heavy atom. The molecule has 0 amide bonds. The van der Waals surface area contributed by atoms with Crippen molar-refractivity contribution in [2.75, 3.05) is 6.61 Å². The van der Waals surface area contributed by atoms with Gasteiger partial charge in [-0.25, -0.2) is 14.1 Å². The van der Waals surface area contributed by atoms with Gasteiger partial charge in [0.2, 0.25) is 0 Å². The smallest absolute Gasteiger partial charge is 0.160 e. The van der Waals surface area contributed by atoms with Crippen LogP contribution in [0, 0.1) is 6.92 Å². The third-order valence-corrected chi connectivity index (χ3v) is 3.85. The molecule has 1 unspecified atom stereocenters. The number of aryl methyl sites for hydroxylation is 1. The molecule has 1 saturated heterocycles. The Balaban J connectivity index is 2.07. The van der Waals surface area contributed by atoms with Crippen molar-refractivity contribution in [3.05, 3.63) is 23.5 Å². The average molecular weight is 277 g/mol. The molecule has 5 heteroatoms. The van der Waals surface area contributed by atoms with E-state index in [2.05, 4.69) is 10.1 Å². The molecular weight excluding hydrogens is 257 g/mol. The Labute approximate surface area is 117 Å². The lowest BCUT2D eigenvalue weighted by Gasteiger charge is -2.23. The minimum absolute atomic E-state index is 0.0447. The van der Waals surface area contributed by atoms with Crippen molar-refractivity contribution in [2.45, 2.75) is 51.9 Å². The topological polar surface area (TPSA) is 39.9 Å². The lowest BCUT2D eigenvalue weighted by Crippen LogP contribution is -2.19. The van der Waals surface area contributed by atoms with Gasteiger partial charge in [-0.3, -0.25) is 0 Å². The number of ether oxygens (including phenoxy) is 1. The number of hydrogen-bond acceptors (Lipinski definition) is 3. The highest BCUT2D eigenvalue weighted by atomic mass is 19.1. The monoisotopic (exact) mass is 277 g/mol. The Hall–Kier alpha value is -1.49. The molecule has 1 atom stereocenters. The van der Waals surface area contributed by atoms with Crippen LogP contribution in [0.25, 0.3) is 11.0 Å². The van der Waals surface area contributed by atoms with Crippen molar-refractivity contribution in [2.24, 2.45) is 0 Å². The SMILES string of the molecule is Cc1nn(C2CCCCO2)c2ncc(C(C)(C)F)cc12. The van der Waals surface area contributed by atoms with Crippen molar-refractivity contribution in [1.29, 1.82) is 0 Å². The first-order valence-electron chi connectivity index (χ1n) is 7.12. The summed E-state index contributed by atoms with van der Waals surface area (Å²) in [5.41, 5.74) is 0.837. The largest absolute Gasteiger partial charge is 0.356 e. The summed E-state index contributed by atoms with van der Waals surface area (Å²) in [6, 6.07) is 1.85. The van der Waals surface area contributed by atoms with Gasteiger partial charge in [0.25, 0.3) is 0 Å². The zero-order chi connectivity index (χ0) is 14.3. The predicted octanol–water partition coefficient (Wildman–Crippen LogP) is 3.64. The maximum atomic E-state index is 14.1. The van der Waals surface area contributed by atoms with Gasteiger partial charge in [-0.15, -0.1) is 0 Å². The summed E-state index contributed by atoms with van der Waals surface area (Å²) in [6.45, 7) is 5.78. The number of halogens is 1. The molecule has 20 heavy (non-hydrogen) atoms. The molecular formula is C15H20FN3O. The second-order valence-electron chi connectivity index (χ2n) is 5.92. The molecule has 0 saturated carbocycles. The number of nitrogens with zero attached hydrogens (tertiary/aromatic N) is 3. The highest BCUT2D eigenvalue weighted by Crippen LogP contribution is 2.30. The van der Waals surface area contributed by atoms with Crippen LogP contribution in [0.3, 0.4) is 0 Å². The molecule has 0 aliphatic carbocycles. The highest BCUT2D eigenvalue weighted by Gasteiger charge is 2.24. The number of aromatic nitrogens is 3. The van der Waals surface area contributed by atoms with Gasteiger partial charge in [-0.05, 0) is 46.1 Å². The standard InChI is InChI=1S/C15H20FN3O/c1-10-12-8-11(15(2,3)16)9-17-14(12)19(18-10)13-6-4-5-7-20-13/h8-9,13H,4-7H2,1-3H3. The van der Waals surface area contributed by atoms with E-state index in [0.29, 0.717) is 5.56 Å². The average Bonchev–Trinajstić information content (AvgIpc) is 2.76. The maximum Gasteiger partial charge on any atom is 0.160 e. The van der Waals surface area contributed by atoms with E-state index in [9.17, 15) is 4.39 Å². The summed E-state index contributed by atoms with van der Waals surface area (Å²) in [6.07, 6.45) is 4.75. The van der Waals surface area contributed by atoms with Gasteiger partial charge in [0.15, 0.2) is 11.9 Å². The molecule has 2 aromatic rings. The van der Waals surface area contributed by atoms with E-state index in [1.807, 2.05) is 17.7 Å². The van der Waals surface area contributed by atoms with E-state index in [-0.39, 0.29) is 6.23 Å². The Bertz CT molecular complexity index is 624. The van der Waals surface area contributed by atoms with Gasteiger partial charge in [0, 0.05) is 23.8 Å². The van der Waals surface area contributed by atoms with Crippen molar-refractivity contribution >= 4 is 11.0 Å². The van der Waals surface area contributed by atoms with E-state index in [1.165, 1.54) is 0 Å². The quantitative estimate of drug-likeness (QED) is 0.841. The summed E-state index contributed by atoms with van der Waals surface area (Å²) in [7, 11) is 0. The van der Waals surface area contributed by atoms with Crippen molar-refractivity contribution in [1.82, 2.24) is 14.8 Å². The molecule has 1 aliphatic heterocycles. The van der Waals surface area contributed by atoms with Gasteiger partial charge in [-0.1, -0.05) is 0 Å². The molecule has 108 valence electrons. The summed E-state index contributed by atoms with van der Waals surface area (Å²) in [4.78, 5) is 4.42. The molecule has 0 N–H and O–H groups in total. The van der Waals surface area contributed by atoms with Gasteiger partial charge in [-0.2, -0.15) is 5.10 Å². The van der Waals surface area contributed by atoms with Gasteiger partial charge < -0.3 is 4.74 Å². The van der Waals surface area contributed by atoms with Crippen LogP contribution in [-0.4, -0.2) is 21.4 Å². The molecule has 3 heterocycles. The van der Waals surface area contributed by atoms with Gasteiger partial charge >= 0.3 is 0 Å². The Kier molecular flexibility index (Phi) is 3.24. The van der Waals surface area contributed by atoms with Crippen LogP contribution in [0.4, 0.5) is 4.39 Å². The molecule has 0 radical (unpaired) electrons. The van der Waals surface area contributed by atoms with Crippen LogP contribution >= 0.6 is 0 Å². The molecule has 0 bridgehead atoms. The lowest BCUT2D eigenvalue weighted by atomic mass is 10.0. The fourth-order valence-corrected chi connectivity index (χ4v) is 2.61. The number of rotatable bonds is 2. The number of fused-ring (bicyclic) bond motifs is 1. The van der Waals surface area contributed by atoms with Crippen molar-refractivity contribution < 1.29 is 9.13 Å². The maximum absolute atomic E-state index is 14.1. The fraction of sp³-hybridized carbons (Fsp3) is 0.600. The van der Waals surface area contributed by atoms with E-state index in [4.69, 9.17) is 4.74 Å². The second-order valence-corrected chi connectivity index (χ2v) is 5.92. The first-order valence-corrected chi connectivity index (χ1v) is 7.12. The molecule has 0 aromatic carbocycles. The normalized spacial score (nSPS) is 20.5. The van der Waals surface area contributed by atoms with Crippen LogP contribution in [0.15, 0.2) is 12.3 Å². The van der Waals surface area contributed by atoms with E-state index in [1.54, 1.807) is 20.0 Å². The first-order chi connectivity index (χ1) is 9.47.